The molecule has 0 aliphatic carbocycles. The summed E-state index contributed by atoms with van der Waals surface area (Å²) in [6.07, 6.45) is 1.70. The third kappa shape index (κ3) is 2.65. The highest BCUT2D eigenvalue weighted by Crippen LogP contribution is 2.14. The molecule has 0 aliphatic rings. The Morgan fingerprint density at radius 2 is 2.24 bits per heavy atom. The minimum Gasteiger partial charge on any atom is -0.360 e. The number of aromatic amines is 1. The summed E-state index contributed by atoms with van der Waals surface area (Å²) < 4.78 is 0. The Hall–Kier alpha value is -2.25. The summed E-state index contributed by atoms with van der Waals surface area (Å²) in [6, 6.07) is 1.72. The molecule has 2 aromatic heterocycles. The minimum atomic E-state index is -0.0707. The van der Waals surface area contributed by atoms with E-state index in [1.165, 1.54) is 0 Å². The van der Waals surface area contributed by atoms with Gasteiger partial charge in [0.05, 0.1) is 6.04 Å². The second kappa shape index (κ2) is 4.73. The number of nitrogens with one attached hydrogen (secondary N) is 2. The van der Waals surface area contributed by atoms with Gasteiger partial charge in [0.25, 0.3) is 0 Å². The first-order chi connectivity index (χ1) is 8.16. The van der Waals surface area contributed by atoms with Crippen LogP contribution in [0.4, 0.5) is 11.8 Å². The molecule has 0 aliphatic heterocycles. The molecule has 0 radical (unpaired) electrons. The molecule has 8 heteroatoms. The van der Waals surface area contributed by atoms with E-state index in [0.717, 1.165) is 5.82 Å². The normalized spacial score (nSPS) is 12.2. The van der Waals surface area contributed by atoms with Crippen molar-refractivity contribution in [3.63, 3.8) is 0 Å². The molecule has 8 nitrogen and oxygen atoms in total. The predicted octanol–water partition coefficient (Wildman–Crippen LogP) is 0.229. The molecule has 1 atom stereocenters. The van der Waals surface area contributed by atoms with Crippen molar-refractivity contribution >= 4 is 11.8 Å². The van der Waals surface area contributed by atoms with Gasteiger partial charge in [0.1, 0.15) is 5.82 Å². The highest BCUT2D eigenvalue weighted by Gasteiger charge is 2.11. The lowest BCUT2D eigenvalue weighted by Gasteiger charge is -2.13. The molecule has 2 aromatic rings. The first kappa shape index (κ1) is 11.2. The van der Waals surface area contributed by atoms with Crippen molar-refractivity contribution in [1.29, 1.82) is 0 Å². The number of rotatable bonds is 4. The lowest BCUT2D eigenvalue weighted by atomic mass is 10.3. The van der Waals surface area contributed by atoms with Crippen molar-refractivity contribution in [3.05, 3.63) is 18.1 Å². The van der Waals surface area contributed by atoms with Crippen LogP contribution in [0.3, 0.4) is 0 Å². The van der Waals surface area contributed by atoms with Gasteiger partial charge in [0.2, 0.25) is 5.95 Å². The Morgan fingerprint density at radius 1 is 1.41 bits per heavy atom. The van der Waals surface area contributed by atoms with Crippen molar-refractivity contribution in [2.45, 2.75) is 13.0 Å². The van der Waals surface area contributed by atoms with Gasteiger partial charge in [-0.25, -0.2) is 4.98 Å². The lowest BCUT2D eigenvalue weighted by molar-refractivity contribution is 0.786. The zero-order valence-electron chi connectivity index (χ0n) is 9.92. The third-order valence-electron chi connectivity index (χ3n) is 2.16. The van der Waals surface area contributed by atoms with E-state index in [4.69, 9.17) is 0 Å². The maximum atomic E-state index is 4.34. The van der Waals surface area contributed by atoms with Crippen LogP contribution in [0.1, 0.15) is 18.8 Å². The van der Waals surface area contributed by atoms with Crippen molar-refractivity contribution in [3.8, 4) is 0 Å². The first-order valence-corrected chi connectivity index (χ1v) is 5.17. The topological polar surface area (TPSA) is 95.5 Å². The summed E-state index contributed by atoms with van der Waals surface area (Å²) in [6.45, 7) is 1.93. The van der Waals surface area contributed by atoms with Crippen LogP contribution in [-0.2, 0) is 0 Å². The zero-order chi connectivity index (χ0) is 12.3. The summed E-state index contributed by atoms with van der Waals surface area (Å²) in [7, 11) is 3.78. The quantitative estimate of drug-likeness (QED) is 0.781. The molecular weight excluding hydrogens is 220 g/mol. The van der Waals surface area contributed by atoms with Gasteiger partial charge in [-0.3, -0.25) is 0 Å². The second-order valence-corrected chi connectivity index (χ2v) is 3.77. The van der Waals surface area contributed by atoms with Gasteiger partial charge in [-0.15, -0.1) is 10.2 Å². The van der Waals surface area contributed by atoms with Gasteiger partial charge >= 0.3 is 0 Å². The van der Waals surface area contributed by atoms with Crippen LogP contribution in [0.15, 0.2) is 12.3 Å². The molecule has 0 saturated heterocycles. The summed E-state index contributed by atoms with van der Waals surface area (Å²) >= 11 is 0. The molecule has 0 bridgehead atoms. The van der Waals surface area contributed by atoms with Gasteiger partial charge < -0.3 is 10.2 Å². The molecule has 2 N–H and O–H groups in total. The first-order valence-electron chi connectivity index (χ1n) is 5.17. The summed E-state index contributed by atoms with van der Waals surface area (Å²) in [4.78, 5) is 10.3. The van der Waals surface area contributed by atoms with Gasteiger partial charge in [-0.2, -0.15) is 10.2 Å². The van der Waals surface area contributed by atoms with Crippen LogP contribution >= 0.6 is 0 Å². The Bertz CT molecular complexity index is 466. The Labute approximate surface area is 98.5 Å². The second-order valence-electron chi connectivity index (χ2n) is 3.77. The van der Waals surface area contributed by atoms with E-state index in [1.807, 2.05) is 25.9 Å². The van der Waals surface area contributed by atoms with E-state index < -0.39 is 0 Å². The highest BCUT2D eigenvalue weighted by molar-refractivity contribution is 5.41. The lowest BCUT2D eigenvalue weighted by Crippen LogP contribution is -2.15. The van der Waals surface area contributed by atoms with Gasteiger partial charge in [-0.05, 0) is 13.0 Å². The number of hydrogen-bond donors (Lipinski definition) is 2. The average molecular weight is 234 g/mol. The van der Waals surface area contributed by atoms with E-state index in [0.29, 0.717) is 11.8 Å². The fourth-order valence-electron chi connectivity index (χ4n) is 1.28. The predicted molar refractivity (Wildman–Crippen MR) is 62.6 cm³/mol. The molecule has 2 rings (SSSR count). The van der Waals surface area contributed by atoms with Crippen molar-refractivity contribution < 1.29 is 0 Å². The maximum Gasteiger partial charge on any atom is 0.226 e. The number of anilines is 2. The van der Waals surface area contributed by atoms with E-state index in [-0.39, 0.29) is 6.04 Å². The van der Waals surface area contributed by atoms with Gasteiger partial charge in [0, 0.05) is 20.3 Å². The summed E-state index contributed by atoms with van der Waals surface area (Å²) in [5, 5.41) is 16.9. The molecule has 0 amide bonds. The summed E-state index contributed by atoms with van der Waals surface area (Å²) in [5.41, 5.74) is 0. The van der Waals surface area contributed by atoms with E-state index in [9.17, 15) is 0 Å². The number of tetrazole rings is 1. The molecule has 0 saturated carbocycles. The monoisotopic (exact) mass is 234 g/mol. The zero-order valence-corrected chi connectivity index (χ0v) is 9.92. The molecule has 90 valence electrons. The Morgan fingerprint density at radius 3 is 2.88 bits per heavy atom. The molecule has 0 fully saturated rings. The minimum absolute atomic E-state index is 0.0707. The molecule has 17 heavy (non-hydrogen) atoms. The molecule has 2 heterocycles. The molecular formula is C9H14N8. The van der Waals surface area contributed by atoms with Gasteiger partial charge in [0.15, 0.2) is 5.82 Å². The fraction of sp³-hybridized carbons (Fsp3) is 0.444. The van der Waals surface area contributed by atoms with E-state index in [2.05, 4.69) is 35.9 Å². The van der Waals surface area contributed by atoms with Crippen LogP contribution in [-0.4, -0.2) is 44.7 Å². The van der Waals surface area contributed by atoms with Crippen molar-refractivity contribution in [2.24, 2.45) is 0 Å². The molecule has 0 aromatic carbocycles. The van der Waals surface area contributed by atoms with Crippen molar-refractivity contribution in [1.82, 2.24) is 30.6 Å². The van der Waals surface area contributed by atoms with Crippen LogP contribution < -0.4 is 10.2 Å². The smallest absolute Gasteiger partial charge is 0.226 e. The van der Waals surface area contributed by atoms with Crippen LogP contribution in [0, 0.1) is 0 Å². The fourth-order valence-corrected chi connectivity index (χ4v) is 1.28. The van der Waals surface area contributed by atoms with E-state index >= 15 is 0 Å². The number of aromatic nitrogens is 6. The highest BCUT2D eigenvalue weighted by atomic mass is 15.5. The number of H-pyrrole nitrogens is 1. The third-order valence-corrected chi connectivity index (χ3v) is 2.16. The SMILES string of the molecule is CC(Nc1ccnc(N(C)C)n1)c1nn[nH]n1. The summed E-state index contributed by atoms with van der Waals surface area (Å²) in [5.74, 6) is 1.96. The largest absolute Gasteiger partial charge is 0.360 e. The molecule has 1 unspecified atom stereocenters. The van der Waals surface area contributed by atoms with Gasteiger partial charge in [-0.1, -0.05) is 5.21 Å². The average Bonchev–Trinajstić information content (AvgIpc) is 2.82. The van der Waals surface area contributed by atoms with Crippen LogP contribution in [0.2, 0.25) is 0 Å². The van der Waals surface area contributed by atoms with Crippen LogP contribution in [0.25, 0.3) is 0 Å². The van der Waals surface area contributed by atoms with Crippen LogP contribution in [0.5, 0.6) is 0 Å². The van der Waals surface area contributed by atoms with Crippen molar-refractivity contribution in [2.75, 3.05) is 24.3 Å². The number of hydrogen-bond acceptors (Lipinski definition) is 7. The maximum absolute atomic E-state index is 4.34. The molecule has 0 spiro atoms. The van der Waals surface area contributed by atoms with E-state index in [1.54, 1.807) is 12.3 Å². The number of nitrogens with zero attached hydrogens (tertiary/aromatic N) is 6. The Kier molecular flexibility index (Phi) is 3.12. The Balaban J connectivity index is 2.11. The standard InChI is InChI=1S/C9H14N8/c1-6(8-13-15-16-14-8)11-7-4-5-10-9(12-7)17(2)3/h4-6H,1-3H3,(H,10,11,12)(H,13,14,15,16).